The molecule has 1 heterocycles. The Morgan fingerprint density at radius 2 is 1.95 bits per heavy atom. The van der Waals surface area contributed by atoms with Crippen molar-refractivity contribution in [1.29, 1.82) is 0 Å². The number of hydrogen-bond donors (Lipinski definition) is 0. The van der Waals surface area contributed by atoms with Crippen LogP contribution in [0.5, 0.6) is 0 Å². The summed E-state index contributed by atoms with van der Waals surface area (Å²) in [6.45, 7) is 10.5. The van der Waals surface area contributed by atoms with Crippen LogP contribution in [0.15, 0.2) is 22.7 Å². The monoisotopic (exact) mass is 290 g/mol. The molecular weight excluding hydrogens is 268 g/mol. The quantitative estimate of drug-likeness (QED) is 0.792. The third kappa shape index (κ3) is 3.63. The lowest BCUT2D eigenvalue weighted by Gasteiger charge is -2.09. The second kappa shape index (κ2) is 6.44. The van der Waals surface area contributed by atoms with Gasteiger partial charge < -0.3 is 4.52 Å². The normalized spacial score (nSPS) is 12.9. The molecule has 108 valence electrons. The molecule has 1 unspecified atom stereocenters. The summed E-state index contributed by atoms with van der Waals surface area (Å²) in [4.78, 5) is 4.46. The van der Waals surface area contributed by atoms with Gasteiger partial charge in [-0.05, 0) is 31.9 Å². The Labute approximate surface area is 125 Å². The van der Waals surface area contributed by atoms with Gasteiger partial charge in [0.25, 0.3) is 0 Å². The second-order valence-corrected chi connectivity index (χ2v) is 6.86. The molecule has 1 atom stereocenters. The average Bonchev–Trinajstić information content (AvgIpc) is 2.89. The number of benzene rings is 1. The first kappa shape index (κ1) is 15.1. The molecule has 1 aromatic heterocycles. The first-order valence-corrected chi connectivity index (χ1v) is 8.03. The van der Waals surface area contributed by atoms with Gasteiger partial charge >= 0.3 is 0 Å². The minimum atomic E-state index is 0.218. The van der Waals surface area contributed by atoms with Gasteiger partial charge in [0.15, 0.2) is 5.82 Å². The molecule has 0 radical (unpaired) electrons. The van der Waals surface area contributed by atoms with Gasteiger partial charge in [0.1, 0.15) is 0 Å². The van der Waals surface area contributed by atoms with Crippen molar-refractivity contribution in [3.63, 3.8) is 0 Å². The number of hydrogen-bond acceptors (Lipinski definition) is 4. The Hall–Kier alpha value is -1.29. The smallest absolute Gasteiger partial charge is 0.239 e. The van der Waals surface area contributed by atoms with E-state index in [-0.39, 0.29) is 5.25 Å². The molecule has 0 aliphatic heterocycles. The number of nitrogens with zero attached hydrogens (tertiary/aromatic N) is 2. The standard InChI is InChI=1S/C16H22N2OS/c1-10(2)15-17-16(19-18-15)13(5)20-9-14-8-11(3)6-7-12(14)4/h6-8,10,13H,9H2,1-5H3. The maximum absolute atomic E-state index is 5.35. The van der Waals surface area contributed by atoms with E-state index >= 15 is 0 Å². The number of aryl methyl sites for hydroxylation is 2. The van der Waals surface area contributed by atoms with E-state index in [1.165, 1.54) is 16.7 Å². The highest BCUT2D eigenvalue weighted by atomic mass is 32.2. The Morgan fingerprint density at radius 3 is 2.60 bits per heavy atom. The van der Waals surface area contributed by atoms with Gasteiger partial charge in [0.2, 0.25) is 5.89 Å². The molecule has 4 heteroatoms. The highest BCUT2D eigenvalue weighted by Crippen LogP contribution is 2.31. The van der Waals surface area contributed by atoms with Crippen LogP contribution in [0.1, 0.15) is 60.3 Å². The Balaban J connectivity index is 2.00. The van der Waals surface area contributed by atoms with Gasteiger partial charge in [0, 0.05) is 11.7 Å². The van der Waals surface area contributed by atoms with Gasteiger partial charge in [-0.2, -0.15) is 4.98 Å². The summed E-state index contributed by atoms with van der Waals surface area (Å²) < 4.78 is 5.35. The Kier molecular flexibility index (Phi) is 4.86. The zero-order valence-electron chi connectivity index (χ0n) is 12.8. The van der Waals surface area contributed by atoms with Crippen LogP contribution in [0.4, 0.5) is 0 Å². The molecule has 2 aromatic rings. The second-order valence-electron chi connectivity index (χ2n) is 5.53. The molecule has 0 aliphatic carbocycles. The molecule has 0 saturated heterocycles. The first-order chi connectivity index (χ1) is 9.47. The van der Waals surface area contributed by atoms with Crippen LogP contribution in [0.2, 0.25) is 0 Å². The predicted molar refractivity (Wildman–Crippen MR) is 84.0 cm³/mol. The fourth-order valence-electron chi connectivity index (χ4n) is 1.89. The molecular formula is C16H22N2OS. The van der Waals surface area contributed by atoms with E-state index in [2.05, 4.69) is 63.0 Å². The van der Waals surface area contributed by atoms with Gasteiger partial charge in [-0.25, -0.2) is 0 Å². The van der Waals surface area contributed by atoms with Crippen molar-refractivity contribution in [3.8, 4) is 0 Å². The van der Waals surface area contributed by atoms with E-state index in [1.807, 2.05) is 11.8 Å². The number of aromatic nitrogens is 2. The lowest BCUT2D eigenvalue weighted by Crippen LogP contribution is -1.94. The van der Waals surface area contributed by atoms with Crippen LogP contribution in [-0.2, 0) is 5.75 Å². The third-order valence-corrected chi connectivity index (χ3v) is 4.49. The van der Waals surface area contributed by atoms with Crippen molar-refractivity contribution >= 4 is 11.8 Å². The van der Waals surface area contributed by atoms with Crippen molar-refractivity contribution < 1.29 is 4.52 Å². The van der Waals surface area contributed by atoms with Crippen molar-refractivity contribution in [2.75, 3.05) is 0 Å². The minimum Gasteiger partial charge on any atom is -0.338 e. The summed E-state index contributed by atoms with van der Waals surface area (Å²) in [6.07, 6.45) is 0. The van der Waals surface area contributed by atoms with Crippen LogP contribution in [0.25, 0.3) is 0 Å². The topological polar surface area (TPSA) is 38.9 Å². The van der Waals surface area contributed by atoms with Gasteiger partial charge in [0.05, 0.1) is 5.25 Å². The van der Waals surface area contributed by atoms with E-state index in [9.17, 15) is 0 Å². The highest BCUT2D eigenvalue weighted by Gasteiger charge is 2.16. The van der Waals surface area contributed by atoms with Crippen molar-refractivity contribution in [2.24, 2.45) is 0 Å². The summed E-state index contributed by atoms with van der Waals surface area (Å²) in [7, 11) is 0. The lowest BCUT2D eigenvalue weighted by molar-refractivity contribution is 0.373. The molecule has 2 rings (SSSR count). The SMILES string of the molecule is Cc1ccc(C)c(CSC(C)c2nc(C(C)C)no2)c1. The molecule has 3 nitrogen and oxygen atoms in total. The largest absolute Gasteiger partial charge is 0.338 e. The van der Waals surface area contributed by atoms with Crippen molar-refractivity contribution in [2.45, 2.75) is 51.5 Å². The molecule has 1 aromatic carbocycles. The minimum absolute atomic E-state index is 0.218. The third-order valence-electron chi connectivity index (χ3n) is 3.32. The maximum atomic E-state index is 5.35. The Morgan fingerprint density at radius 1 is 1.20 bits per heavy atom. The number of thioether (sulfide) groups is 1. The summed E-state index contributed by atoms with van der Waals surface area (Å²) in [5.74, 6) is 2.79. The summed E-state index contributed by atoms with van der Waals surface area (Å²) in [5, 5.41) is 4.24. The maximum Gasteiger partial charge on any atom is 0.239 e. The number of rotatable bonds is 5. The zero-order chi connectivity index (χ0) is 14.7. The molecule has 0 fully saturated rings. The van der Waals surface area contributed by atoms with Crippen LogP contribution in [-0.4, -0.2) is 10.1 Å². The molecule has 0 bridgehead atoms. The van der Waals surface area contributed by atoms with Crippen LogP contribution in [0, 0.1) is 13.8 Å². The average molecular weight is 290 g/mol. The molecule has 0 amide bonds. The van der Waals surface area contributed by atoms with Gasteiger partial charge in [-0.3, -0.25) is 0 Å². The van der Waals surface area contributed by atoms with Crippen molar-refractivity contribution in [1.82, 2.24) is 10.1 Å². The first-order valence-electron chi connectivity index (χ1n) is 6.98. The van der Waals surface area contributed by atoms with Crippen LogP contribution >= 0.6 is 11.8 Å². The summed E-state index contributed by atoms with van der Waals surface area (Å²) in [5.41, 5.74) is 4.02. The van der Waals surface area contributed by atoms with E-state index in [4.69, 9.17) is 4.52 Å². The summed E-state index contributed by atoms with van der Waals surface area (Å²) in [6, 6.07) is 6.59. The van der Waals surface area contributed by atoms with Gasteiger partial charge in [-0.15, -0.1) is 11.8 Å². The zero-order valence-corrected chi connectivity index (χ0v) is 13.6. The molecule has 0 N–H and O–H groups in total. The van der Waals surface area contributed by atoms with Crippen LogP contribution in [0.3, 0.4) is 0 Å². The van der Waals surface area contributed by atoms with Crippen LogP contribution < -0.4 is 0 Å². The van der Waals surface area contributed by atoms with E-state index in [1.54, 1.807) is 0 Å². The van der Waals surface area contributed by atoms with E-state index < -0.39 is 0 Å². The van der Waals surface area contributed by atoms with Crippen molar-refractivity contribution in [3.05, 3.63) is 46.6 Å². The fourth-order valence-corrected chi connectivity index (χ4v) is 2.87. The fraction of sp³-hybridized carbons (Fsp3) is 0.500. The molecule has 0 saturated carbocycles. The molecule has 0 spiro atoms. The van der Waals surface area contributed by atoms with E-state index in [0.29, 0.717) is 5.92 Å². The Bertz CT molecular complexity index is 578. The van der Waals surface area contributed by atoms with E-state index in [0.717, 1.165) is 17.5 Å². The summed E-state index contributed by atoms with van der Waals surface area (Å²) >= 11 is 1.83. The van der Waals surface area contributed by atoms with Gasteiger partial charge in [-0.1, -0.05) is 42.8 Å². The molecule has 0 aliphatic rings. The lowest BCUT2D eigenvalue weighted by atomic mass is 10.1. The molecule has 20 heavy (non-hydrogen) atoms. The predicted octanol–water partition coefficient (Wildman–Crippen LogP) is 4.80. The highest BCUT2D eigenvalue weighted by molar-refractivity contribution is 7.98.